The highest BCUT2D eigenvalue weighted by Crippen LogP contribution is 2.24. The lowest BCUT2D eigenvalue weighted by atomic mass is 9.89. The van der Waals surface area contributed by atoms with Crippen LogP contribution >= 0.6 is 0 Å². The number of aromatic nitrogens is 2. The molecule has 3 atom stereocenters. The second kappa shape index (κ2) is 9.37. The van der Waals surface area contributed by atoms with E-state index in [-0.39, 0.29) is 12.1 Å². The molecule has 3 aromatic rings. The van der Waals surface area contributed by atoms with Crippen LogP contribution in [0.4, 0.5) is 4.39 Å². The molecule has 6 heteroatoms. The zero-order valence-corrected chi connectivity index (χ0v) is 16.8. The first-order chi connectivity index (χ1) is 14.2. The Balaban J connectivity index is 1.26. The highest BCUT2D eigenvalue weighted by molar-refractivity contribution is 5.75. The van der Waals surface area contributed by atoms with Crippen LogP contribution in [0.3, 0.4) is 0 Å². The second-order valence-corrected chi connectivity index (χ2v) is 7.69. The smallest absolute Gasteiger partial charge is 0.137 e. The Hall–Kier alpha value is -2.44. The van der Waals surface area contributed by atoms with Gasteiger partial charge in [-0.25, -0.2) is 9.37 Å². The van der Waals surface area contributed by atoms with Gasteiger partial charge in [0.15, 0.2) is 0 Å². The number of hydrogen-bond donors (Lipinski definition) is 3. The third kappa shape index (κ3) is 4.95. The van der Waals surface area contributed by atoms with Crippen molar-refractivity contribution in [1.82, 2.24) is 20.6 Å². The Bertz CT molecular complexity index is 928. The fourth-order valence-corrected chi connectivity index (χ4v) is 4.06. The van der Waals surface area contributed by atoms with Crippen LogP contribution in [0.2, 0.25) is 0 Å². The summed E-state index contributed by atoms with van der Waals surface area (Å²) in [6, 6.07) is 12.2. The van der Waals surface area contributed by atoms with Crippen LogP contribution in [0.1, 0.15) is 37.3 Å². The predicted molar refractivity (Wildman–Crippen MR) is 114 cm³/mol. The summed E-state index contributed by atoms with van der Waals surface area (Å²) >= 11 is 0. The van der Waals surface area contributed by atoms with E-state index in [4.69, 9.17) is 4.74 Å². The summed E-state index contributed by atoms with van der Waals surface area (Å²) in [4.78, 5) is 7.52. The molecule has 0 spiro atoms. The Morgan fingerprint density at radius 1 is 1.17 bits per heavy atom. The van der Waals surface area contributed by atoms with Crippen LogP contribution in [0.25, 0.3) is 11.0 Å². The molecule has 1 aliphatic rings. The standard InChI is InChI=1S/C23H29FN4O/c1-2-29-22-6-4-3-5-18(22)15-27-21-8-7-19(12-20(21)24)26-13-16-11-17-9-10-25-23(17)28-14-16/h3-6,9-11,14,19-21,26-27H,2,7-8,12-13,15H2,1H3,(H,25,28)/t19-,20+,21-/m0/s1. The van der Waals surface area contributed by atoms with E-state index >= 15 is 0 Å². The molecule has 0 amide bonds. The quantitative estimate of drug-likeness (QED) is 0.536. The predicted octanol–water partition coefficient (Wildman–Crippen LogP) is 4.10. The van der Waals surface area contributed by atoms with Gasteiger partial charge in [-0.15, -0.1) is 0 Å². The van der Waals surface area contributed by atoms with E-state index in [1.165, 1.54) is 0 Å². The van der Waals surface area contributed by atoms with Crippen LogP contribution in [0, 0.1) is 0 Å². The van der Waals surface area contributed by atoms with Crippen molar-refractivity contribution < 1.29 is 9.13 Å². The summed E-state index contributed by atoms with van der Waals surface area (Å²) in [5, 5.41) is 8.01. The molecule has 154 valence electrons. The normalized spacial score (nSPS) is 22.1. The Morgan fingerprint density at radius 3 is 2.93 bits per heavy atom. The molecule has 3 N–H and O–H groups in total. The van der Waals surface area contributed by atoms with Gasteiger partial charge < -0.3 is 20.4 Å². The third-order valence-electron chi connectivity index (χ3n) is 5.65. The lowest BCUT2D eigenvalue weighted by Crippen LogP contribution is -2.46. The summed E-state index contributed by atoms with van der Waals surface area (Å²) < 4.78 is 20.5. The van der Waals surface area contributed by atoms with Crippen molar-refractivity contribution in [3.63, 3.8) is 0 Å². The summed E-state index contributed by atoms with van der Waals surface area (Å²) in [5.74, 6) is 0.876. The summed E-state index contributed by atoms with van der Waals surface area (Å²) in [6.07, 6.45) is 5.23. The van der Waals surface area contributed by atoms with Gasteiger partial charge in [-0.1, -0.05) is 18.2 Å². The number of fused-ring (bicyclic) bond motifs is 1. The van der Waals surface area contributed by atoms with Gasteiger partial charge in [0.1, 0.15) is 17.6 Å². The molecule has 4 rings (SSSR count). The largest absolute Gasteiger partial charge is 0.494 e. The van der Waals surface area contributed by atoms with Crippen molar-refractivity contribution in [2.45, 2.75) is 57.5 Å². The number of ether oxygens (including phenoxy) is 1. The molecule has 5 nitrogen and oxygen atoms in total. The minimum absolute atomic E-state index is 0.111. The fraction of sp³-hybridized carbons (Fsp3) is 0.435. The molecular weight excluding hydrogens is 367 g/mol. The number of H-pyrrole nitrogens is 1. The van der Waals surface area contributed by atoms with Gasteiger partial charge in [0.05, 0.1) is 6.61 Å². The zero-order valence-electron chi connectivity index (χ0n) is 16.8. The van der Waals surface area contributed by atoms with Crippen molar-refractivity contribution in [2.75, 3.05) is 6.61 Å². The molecule has 2 heterocycles. The number of nitrogens with one attached hydrogen (secondary N) is 3. The Morgan fingerprint density at radius 2 is 2.07 bits per heavy atom. The van der Waals surface area contributed by atoms with Crippen LogP contribution in [-0.4, -0.2) is 34.8 Å². The fourth-order valence-electron chi connectivity index (χ4n) is 4.06. The Kier molecular flexibility index (Phi) is 6.42. The van der Waals surface area contributed by atoms with Gasteiger partial charge in [-0.2, -0.15) is 0 Å². The number of pyridine rings is 1. The van der Waals surface area contributed by atoms with Crippen molar-refractivity contribution in [3.05, 3.63) is 59.9 Å². The number of benzene rings is 1. The maximum absolute atomic E-state index is 14.8. The van der Waals surface area contributed by atoms with E-state index < -0.39 is 6.17 Å². The molecule has 0 bridgehead atoms. The first kappa shape index (κ1) is 19.9. The summed E-state index contributed by atoms with van der Waals surface area (Å²) in [7, 11) is 0. The van der Waals surface area contributed by atoms with Gasteiger partial charge in [0, 0.05) is 48.5 Å². The number of rotatable bonds is 8. The lowest BCUT2D eigenvalue weighted by Gasteiger charge is -2.33. The van der Waals surface area contributed by atoms with Gasteiger partial charge in [0.25, 0.3) is 0 Å². The maximum atomic E-state index is 14.8. The number of alkyl halides is 1. The van der Waals surface area contributed by atoms with E-state index in [2.05, 4.69) is 26.7 Å². The minimum atomic E-state index is -0.856. The van der Waals surface area contributed by atoms with E-state index in [1.54, 1.807) is 0 Å². The number of halogens is 1. The second-order valence-electron chi connectivity index (χ2n) is 7.69. The number of para-hydroxylation sites is 1. The van der Waals surface area contributed by atoms with E-state index in [9.17, 15) is 4.39 Å². The van der Waals surface area contributed by atoms with E-state index in [0.717, 1.165) is 40.8 Å². The monoisotopic (exact) mass is 396 g/mol. The molecule has 29 heavy (non-hydrogen) atoms. The number of hydrogen-bond acceptors (Lipinski definition) is 4. The molecule has 0 unspecified atom stereocenters. The van der Waals surface area contributed by atoms with Gasteiger partial charge >= 0.3 is 0 Å². The van der Waals surface area contributed by atoms with Gasteiger partial charge in [-0.3, -0.25) is 0 Å². The SMILES string of the molecule is CCOc1ccccc1CN[C@H]1CC[C@H](NCc2cnc3[nH]ccc3c2)C[C@H]1F. The van der Waals surface area contributed by atoms with Crippen LogP contribution in [0.5, 0.6) is 5.75 Å². The van der Waals surface area contributed by atoms with Crippen molar-refractivity contribution in [3.8, 4) is 5.75 Å². The minimum Gasteiger partial charge on any atom is -0.494 e. The van der Waals surface area contributed by atoms with E-state index in [1.807, 2.05) is 49.6 Å². The summed E-state index contributed by atoms with van der Waals surface area (Å²) in [5.41, 5.74) is 3.10. The average molecular weight is 397 g/mol. The molecule has 0 aliphatic heterocycles. The van der Waals surface area contributed by atoms with Crippen LogP contribution in [-0.2, 0) is 13.1 Å². The molecule has 0 saturated heterocycles. The molecule has 1 fully saturated rings. The number of nitrogens with zero attached hydrogens (tertiary/aromatic N) is 1. The molecular formula is C23H29FN4O. The highest BCUT2D eigenvalue weighted by atomic mass is 19.1. The van der Waals surface area contributed by atoms with E-state index in [0.29, 0.717) is 26.1 Å². The summed E-state index contributed by atoms with van der Waals surface area (Å²) in [6.45, 7) is 3.95. The van der Waals surface area contributed by atoms with Crippen molar-refractivity contribution in [1.29, 1.82) is 0 Å². The van der Waals surface area contributed by atoms with Crippen molar-refractivity contribution >= 4 is 11.0 Å². The zero-order chi connectivity index (χ0) is 20.1. The average Bonchev–Trinajstić information content (AvgIpc) is 3.21. The topological polar surface area (TPSA) is 62.0 Å². The first-order valence-corrected chi connectivity index (χ1v) is 10.5. The van der Waals surface area contributed by atoms with Gasteiger partial charge in [-0.05, 0) is 49.9 Å². The molecule has 2 aromatic heterocycles. The molecule has 1 aromatic carbocycles. The third-order valence-corrected chi connectivity index (χ3v) is 5.65. The Labute approximate surface area is 171 Å². The lowest BCUT2D eigenvalue weighted by molar-refractivity contribution is 0.160. The van der Waals surface area contributed by atoms with Crippen LogP contribution < -0.4 is 15.4 Å². The van der Waals surface area contributed by atoms with Crippen molar-refractivity contribution in [2.24, 2.45) is 0 Å². The molecule has 1 aliphatic carbocycles. The van der Waals surface area contributed by atoms with Crippen LogP contribution in [0.15, 0.2) is 48.8 Å². The number of aromatic amines is 1. The molecule has 1 saturated carbocycles. The highest BCUT2D eigenvalue weighted by Gasteiger charge is 2.30. The first-order valence-electron chi connectivity index (χ1n) is 10.5. The molecule has 0 radical (unpaired) electrons. The van der Waals surface area contributed by atoms with Gasteiger partial charge in [0.2, 0.25) is 0 Å². The maximum Gasteiger partial charge on any atom is 0.137 e.